The molecule has 4 aromatic rings. The molecular weight excluding hydrogens is 1010 g/mol. The van der Waals surface area contributed by atoms with E-state index in [0.717, 1.165) is 34.1 Å². The first-order chi connectivity index (χ1) is 34.3. The Morgan fingerprint density at radius 1 is 0.973 bits per heavy atom. The van der Waals surface area contributed by atoms with Crippen LogP contribution in [-0.4, -0.2) is 147 Å². The molecule has 22 heteroatoms. The zero-order chi connectivity index (χ0) is 53.6. The molecule has 9 rings (SSSR count). The van der Waals surface area contributed by atoms with Crippen LogP contribution in [-0.2, 0) is 48.0 Å². The van der Waals surface area contributed by atoms with Crippen LogP contribution in [0.4, 0.5) is 0 Å². The summed E-state index contributed by atoms with van der Waals surface area (Å²) >= 11 is 3.70. The summed E-state index contributed by atoms with van der Waals surface area (Å²) in [5, 5.41) is 70.3. The van der Waals surface area contributed by atoms with Crippen molar-refractivity contribution >= 4 is 62.1 Å². The van der Waals surface area contributed by atoms with Gasteiger partial charge in [0.05, 0.1) is 10.5 Å². The molecule has 394 valence electrons. The number of aliphatic hydroxyl groups is 1. The fourth-order valence-electron chi connectivity index (χ4n) is 10.5. The highest BCUT2D eigenvalue weighted by atomic mass is 79.9. The summed E-state index contributed by atoms with van der Waals surface area (Å²) in [5.41, 5.74) is 9.99. The van der Waals surface area contributed by atoms with Crippen LogP contribution in [0.25, 0.3) is 16.5 Å². The number of piperazine rings is 1. The fraction of sp³-hybridized carbons (Fsp3) is 0.471. The second-order valence-corrected chi connectivity index (χ2v) is 21.2. The Bertz CT molecular complexity index is 2840. The Morgan fingerprint density at radius 2 is 1.62 bits per heavy atom. The number of carbonyl (C=O) groups excluding carboxylic acids is 3. The van der Waals surface area contributed by atoms with Gasteiger partial charge in [-0.25, -0.2) is 5.43 Å². The summed E-state index contributed by atoms with van der Waals surface area (Å²) in [6.45, 7) is 10.0. The van der Waals surface area contributed by atoms with Crippen LogP contribution in [0.1, 0.15) is 76.1 Å². The Kier molecular flexibility index (Phi) is 15.6. The van der Waals surface area contributed by atoms with E-state index in [2.05, 4.69) is 48.7 Å². The van der Waals surface area contributed by atoms with Crippen molar-refractivity contribution in [1.82, 2.24) is 30.4 Å². The normalized spacial score (nSPS) is 25.4. The van der Waals surface area contributed by atoms with Crippen molar-refractivity contribution in [3.8, 4) is 23.0 Å². The van der Waals surface area contributed by atoms with Gasteiger partial charge in [-0.2, -0.15) is 0 Å². The summed E-state index contributed by atoms with van der Waals surface area (Å²) < 4.78 is 7.43. The molecule has 0 spiro atoms. The third-order valence-corrected chi connectivity index (χ3v) is 15.1. The lowest BCUT2D eigenvalue weighted by Gasteiger charge is -2.49. The molecule has 1 aromatic heterocycles. The number of hydrogen-bond acceptors (Lipinski definition) is 15. The van der Waals surface area contributed by atoms with Crippen molar-refractivity contribution in [2.45, 2.75) is 114 Å². The Labute approximate surface area is 429 Å². The van der Waals surface area contributed by atoms with Crippen molar-refractivity contribution in [3.05, 3.63) is 87.5 Å². The van der Waals surface area contributed by atoms with Crippen LogP contribution in [0, 0.1) is 17.8 Å². The number of hydrazine groups is 1. The number of H-pyrrole nitrogens is 1. The number of likely N-dealkylation sites (N-methyl/N-ethyl adjacent to an activating group) is 1. The molecule has 21 nitrogen and oxygen atoms in total. The Hall–Kier alpha value is -6.27. The first-order valence-electron chi connectivity index (χ1n) is 24.1. The molecular formula is C51H65BrN8O13. The summed E-state index contributed by atoms with van der Waals surface area (Å²) in [7, 11) is 2.03. The average molecular weight is 1080 g/mol. The maximum Gasteiger partial charge on any atom is 0.325 e. The highest BCUT2D eigenvalue weighted by molar-refractivity contribution is 9.10. The number of nitrogens with two attached hydrogens (primary N) is 2. The minimum absolute atomic E-state index is 0.0900. The van der Waals surface area contributed by atoms with Crippen LogP contribution in [0.5, 0.6) is 23.0 Å². The van der Waals surface area contributed by atoms with Gasteiger partial charge in [0, 0.05) is 42.4 Å². The maximum absolute atomic E-state index is 14.4. The van der Waals surface area contributed by atoms with Crippen LogP contribution >= 0.6 is 15.9 Å². The fourth-order valence-corrected chi connectivity index (χ4v) is 11.0. The van der Waals surface area contributed by atoms with E-state index in [1.807, 2.05) is 33.0 Å². The number of hydrogen-bond donors (Lipinski definition) is 12. The van der Waals surface area contributed by atoms with Gasteiger partial charge >= 0.3 is 11.9 Å². The Balaban J connectivity index is 0.000000212. The van der Waals surface area contributed by atoms with Crippen LogP contribution in [0.2, 0.25) is 0 Å². The molecule has 0 bridgehead atoms. The number of benzene rings is 3. The molecule has 3 fully saturated rings. The smallest absolute Gasteiger partial charge is 0.325 e. The standard InChI is InChI=1S/C32H40BrN5O5.C10H14N2O4.C9H11NO4/c1-16(2)12-24-29(40)37-11-7-10-25(37)32(42)38(24)30(41)31(43-32,17(3)4)35-28(39)18-13-20-19-8-6-9-22-26(19)21(27(33)34-22)14-23(20)36(5)15-18;1-10(12-11,9(15)16)5-6-2-3-7(13)8(14)4-6;10-6(9(13)14)3-5-1-2-7(11)8(12)4-5/h6,8-9,13,16-18,23-25,34,42H,7,10-12,14-15H2,1-5H3,(H,35,39);2-4,12-14H,5,11H2,1H3,(H,15,16);1-2,4,6,11-12H,3,10H2,(H,13,14)/t18-,23-,24+,25+,31-,32+;10-;6-/m100/s1. The van der Waals surface area contributed by atoms with Crippen molar-refractivity contribution < 1.29 is 64.5 Å². The Morgan fingerprint density at radius 3 is 2.21 bits per heavy atom. The van der Waals surface area contributed by atoms with Gasteiger partial charge in [0.15, 0.2) is 23.0 Å². The number of halogens is 1. The lowest BCUT2D eigenvalue weighted by molar-refractivity contribution is -0.322. The number of fused-ring (bicyclic) bond motifs is 5. The number of phenolic OH excluding ortho intramolecular Hbond substituents is 4. The predicted octanol–water partition coefficient (Wildman–Crippen LogP) is 3.19. The van der Waals surface area contributed by atoms with Gasteiger partial charge in [-0.05, 0) is 126 Å². The zero-order valence-corrected chi connectivity index (χ0v) is 43.0. The molecule has 73 heavy (non-hydrogen) atoms. The highest BCUT2D eigenvalue weighted by Gasteiger charge is 2.72. The predicted molar refractivity (Wildman–Crippen MR) is 270 cm³/mol. The SMILES string of the molecule is CC(C)C[C@H]1C(=O)N2CCC[C@H]2[C@]2(O)O[C@](NC(=O)[C@@H]3C=C4c5cccc6[nH]c(Br)c(c56)C[C@H]4N(C)C3)(C(C)C)C(=O)N12.C[C@@](Cc1ccc(O)c(O)c1)(NN)C(=O)O.N[C@@H](Cc1ccc(O)c(O)c1)C(=O)O. The number of nitrogens with zero attached hydrogens (tertiary/aromatic N) is 3. The summed E-state index contributed by atoms with van der Waals surface area (Å²) in [5.74, 6) is -2.08. The minimum Gasteiger partial charge on any atom is -0.504 e. The number of nitrogens with one attached hydrogen (secondary N) is 3. The molecule has 4 aliphatic heterocycles. The number of aromatic amines is 1. The summed E-state index contributed by atoms with van der Waals surface area (Å²) in [6.07, 6.45) is 4.69. The quantitative estimate of drug-likeness (QED) is 0.0551. The second-order valence-electron chi connectivity index (χ2n) is 20.4. The molecule has 3 saturated heterocycles. The van der Waals surface area contributed by atoms with Gasteiger partial charge in [-0.3, -0.25) is 44.4 Å². The first kappa shape index (κ1) is 54.5. The van der Waals surface area contributed by atoms with Crippen LogP contribution in [0.15, 0.2) is 65.3 Å². The van der Waals surface area contributed by atoms with E-state index in [1.165, 1.54) is 59.2 Å². The van der Waals surface area contributed by atoms with Crippen molar-refractivity contribution in [1.29, 1.82) is 0 Å². The molecule has 14 N–H and O–H groups in total. The van der Waals surface area contributed by atoms with Crippen molar-refractivity contribution in [3.63, 3.8) is 0 Å². The van der Waals surface area contributed by atoms with E-state index in [9.17, 15) is 34.2 Å². The molecule has 3 aromatic carbocycles. The van der Waals surface area contributed by atoms with E-state index in [0.29, 0.717) is 37.1 Å². The van der Waals surface area contributed by atoms with Gasteiger partial charge in [-0.1, -0.05) is 58.0 Å². The molecule has 5 heterocycles. The number of aromatic hydroxyl groups is 4. The third kappa shape index (κ3) is 10.3. The molecule has 0 saturated carbocycles. The van der Waals surface area contributed by atoms with Gasteiger partial charge in [0.2, 0.25) is 17.5 Å². The molecule has 5 aliphatic rings. The number of phenols is 4. The monoisotopic (exact) mass is 1080 g/mol. The van der Waals surface area contributed by atoms with Gasteiger partial charge in [-0.15, -0.1) is 0 Å². The van der Waals surface area contributed by atoms with Crippen LogP contribution in [0.3, 0.4) is 0 Å². The molecule has 3 amide bonds. The summed E-state index contributed by atoms with van der Waals surface area (Å²) in [4.78, 5) is 72.2. The topological polar surface area (TPSA) is 338 Å². The molecule has 0 radical (unpaired) electrons. The van der Waals surface area contributed by atoms with E-state index in [-0.39, 0.29) is 59.6 Å². The molecule has 0 unspecified atom stereocenters. The first-order valence-corrected chi connectivity index (χ1v) is 24.9. The number of carboxylic acid groups (broad SMARTS) is 2. The number of aliphatic carboxylic acids is 2. The van der Waals surface area contributed by atoms with Crippen molar-refractivity contribution in [2.24, 2.45) is 29.3 Å². The number of carboxylic acids is 2. The number of rotatable bonds is 12. The zero-order valence-electron chi connectivity index (χ0n) is 41.4. The largest absolute Gasteiger partial charge is 0.504 e. The number of carbonyl (C=O) groups is 5. The van der Waals surface area contributed by atoms with Gasteiger partial charge in [0.25, 0.3) is 11.8 Å². The van der Waals surface area contributed by atoms with E-state index in [4.69, 9.17) is 41.8 Å². The van der Waals surface area contributed by atoms with E-state index < -0.39 is 65.0 Å². The average Bonchev–Trinajstić information content (AvgIpc) is 4.02. The van der Waals surface area contributed by atoms with Crippen molar-refractivity contribution in [2.75, 3.05) is 20.1 Å². The van der Waals surface area contributed by atoms with Crippen LogP contribution < -0.4 is 22.3 Å². The van der Waals surface area contributed by atoms with E-state index in [1.54, 1.807) is 18.7 Å². The molecule has 8 atom stereocenters. The molecule has 1 aliphatic carbocycles. The lowest BCUT2D eigenvalue weighted by Crippen LogP contribution is -2.71. The third-order valence-electron chi connectivity index (χ3n) is 14.5. The lowest BCUT2D eigenvalue weighted by atomic mass is 9.79. The van der Waals surface area contributed by atoms with Gasteiger partial charge in [0.1, 0.15) is 23.7 Å². The summed E-state index contributed by atoms with van der Waals surface area (Å²) in [6, 6.07) is 12.0. The second kappa shape index (κ2) is 20.9. The van der Waals surface area contributed by atoms with E-state index >= 15 is 0 Å². The highest BCUT2D eigenvalue weighted by Crippen LogP contribution is 2.49. The minimum atomic E-state index is -2.01. The number of amides is 3. The number of ether oxygens (including phenoxy) is 1. The maximum atomic E-state index is 14.4. The number of aromatic nitrogens is 1. The van der Waals surface area contributed by atoms with Gasteiger partial charge < -0.3 is 56.7 Å².